The normalized spacial score (nSPS) is 11.9. The molecule has 0 bridgehead atoms. The molecule has 35 heavy (non-hydrogen) atoms. The highest BCUT2D eigenvalue weighted by molar-refractivity contribution is 7.89. The predicted molar refractivity (Wildman–Crippen MR) is 147 cm³/mol. The lowest BCUT2D eigenvalue weighted by atomic mass is 10.2. The number of rotatable bonds is 11. The van der Waals surface area contributed by atoms with Crippen molar-refractivity contribution >= 4 is 50.2 Å². The molecule has 10 heteroatoms. The van der Waals surface area contributed by atoms with Crippen LogP contribution in [0.2, 0.25) is 0 Å². The molecular formula is C25H33N5O3S2. The Hall–Kier alpha value is -2.95. The highest BCUT2D eigenvalue weighted by atomic mass is 32.2. The molecule has 0 amide bonds. The third kappa shape index (κ3) is 6.59. The van der Waals surface area contributed by atoms with Gasteiger partial charge in [0.1, 0.15) is 5.75 Å². The topological polar surface area (TPSA) is 88.0 Å². The summed E-state index contributed by atoms with van der Waals surface area (Å²) in [5.74, 6) is 0.791. The molecule has 0 saturated carbocycles. The number of ether oxygens (including phenoxy) is 1. The average molecular weight is 516 g/mol. The minimum Gasteiger partial charge on any atom is -0.494 e. The Labute approximate surface area is 213 Å². The molecule has 3 rings (SSSR count). The fourth-order valence-corrected chi connectivity index (χ4v) is 5.61. The van der Waals surface area contributed by atoms with Crippen LogP contribution >= 0.6 is 12.2 Å². The third-order valence-electron chi connectivity index (χ3n) is 5.37. The molecule has 0 saturated heterocycles. The second kappa shape index (κ2) is 12.1. The molecule has 1 aromatic heterocycles. The highest BCUT2D eigenvalue weighted by Crippen LogP contribution is 2.25. The van der Waals surface area contributed by atoms with Crippen LogP contribution in [0.3, 0.4) is 0 Å². The SMILES string of the molecule is CCCN(CCC)S(=O)(=O)c1ccc2c(c1)c(/C=N/NC(=S)Nc1ccc(OCC)cc1)cn2C. The molecule has 1 heterocycles. The molecule has 2 aromatic carbocycles. The summed E-state index contributed by atoms with van der Waals surface area (Å²) in [6.45, 7) is 7.51. The van der Waals surface area contributed by atoms with Crippen LogP contribution in [0.1, 0.15) is 39.2 Å². The fraction of sp³-hybridized carbons (Fsp3) is 0.360. The zero-order valence-corrected chi connectivity index (χ0v) is 22.2. The van der Waals surface area contributed by atoms with Gasteiger partial charge in [0.2, 0.25) is 10.0 Å². The maximum Gasteiger partial charge on any atom is 0.243 e. The molecule has 3 aromatic rings. The number of anilines is 1. The van der Waals surface area contributed by atoms with E-state index in [4.69, 9.17) is 17.0 Å². The van der Waals surface area contributed by atoms with E-state index in [2.05, 4.69) is 15.8 Å². The Bertz CT molecular complexity index is 1280. The number of sulfonamides is 1. The number of benzene rings is 2. The van der Waals surface area contributed by atoms with Gasteiger partial charge in [-0.15, -0.1) is 0 Å². The second-order valence-corrected chi connectivity index (χ2v) is 10.4. The molecule has 8 nitrogen and oxygen atoms in total. The van der Waals surface area contributed by atoms with Gasteiger partial charge in [-0.25, -0.2) is 8.42 Å². The van der Waals surface area contributed by atoms with Crippen LogP contribution < -0.4 is 15.5 Å². The van der Waals surface area contributed by atoms with Crippen molar-refractivity contribution in [3.8, 4) is 5.75 Å². The van der Waals surface area contributed by atoms with Gasteiger partial charge in [0.25, 0.3) is 0 Å². The third-order valence-corrected chi connectivity index (χ3v) is 7.46. The number of nitrogens with one attached hydrogen (secondary N) is 2. The van der Waals surface area contributed by atoms with E-state index in [1.54, 1.807) is 22.7 Å². The van der Waals surface area contributed by atoms with Gasteiger partial charge < -0.3 is 14.6 Å². The molecule has 2 N–H and O–H groups in total. The number of hydrazone groups is 1. The van der Waals surface area contributed by atoms with Crippen molar-refractivity contribution in [1.82, 2.24) is 14.3 Å². The Morgan fingerprint density at radius 3 is 2.43 bits per heavy atom. The summed E-state index contributed by atoms with van der Waals surface area (Å²) >= 11 is 5.33. The monoisotopic (exact) mass is 515 g/mol. The van der Waals surface area contributed by atoms with Crippen LogP contribution in [0.5, 0.6) is 5.75 Å². The lowest BCUT2D eigenvalue weighted by Crippen LogP contribution is -2.32. The highest BCUT2D eigenvalue weighted by Gasteiger charge is 2.24. The summed E-state index contributed by atoms with van der Waals surface area (Å²) in [5.41, 5.74) is 5.32. The first-order valence-corrected chi connectivity index (χ1v) is 13.6. The predicted octanol–water partition coefficient (Wildman–Crippen LogP) is 4.71. The van der Waals surface area contributed by atoms with E-state index in [0.29, 0.717) is 24.8 Å². The Morgan fingerprint density at radius 2 is 1.80 bits per heavy atom. The van der Waals surface area contributed by atoms with E-state index in [1.165, 1.54) is 0 Å². The number of nitrogens with zero attached hydrogens (tertiary/aromatic N) is 3. The van der Waals surface area contributed by atoms with Crippen LogP contribution in [-0.2, 0) is 17.1 Å². The van der Waals surface area contributed by atoms with Gasteiger partial charge in [-0.3, -0.25) is 5.43 Å². The summed E-state index contributed by atoms with van der Waals surface area (Å²) in [4.78, 5) is 0.286. The van der Waals surface area contributed by atoms with Gasteiger partial charge in [0, 0.05) is 48.5 Å². The van der Waals surface area contributed by atoms with Crippen molar-refractivity contribution in [3.63, 3.8) is 0 Å². The zero-order chi connectivity index (χ0) is 25.4. The lowest BCUT2D eigenvalue weighted by Gasteiger charge is -2.21. The minimum absolute atomic E-state index is 0.286. The average Bonchev–Trinajstić information content (AvgIpc) is 3.15. The number of thiocarbonyl (C=S) groups is 1. The standard InChI is InChI=1S/C25H33N5O3S2/c1-5-14-30(15-6-2)35(31,32)22-12-13-24-23(16-22)19(18-29(24)4)17-26-28-25(34)27-20-8-10-21(11-9-20)33-7-3/h8-13,16-18H,5-7,14-15H2,1-4H3,(H2,27,28,34)/b26-17+. The number of hydrogen-bond donors (Lipinski definition) is 2. The van der Waals surface area contributed by atoms with E-state index in [9.17, 15) is 8.42 Å². The quantitative estimate of drug-likeness (QED) is 0.219. The molecule has 0 aliphatic heterocycles. The molecular weight excluding hydrogens is 482 g/mol. The molecule has 188 valence electrons. The Kier molecular flexibility index (Phi) is 9.25. The van der Waals surface area contributed by atoms with E-state index in [-0.39, 0.29) is 4.90 Å². The van der Waals surface area contributed by atoms with Crippen LogP contribution in [0.4, 0.5) is 5.69 Å². The number of fused-ring (bicyclic) bond motifs is 1. The van der Waals surface area contributed by atoms with E-state index in [1.807, 2.05) is 68.9 Å². The Balaban J connectivity index is 1.77. The van der Waals surface area contributed by atoms with Crippen LogP contribution in [0, 0.1) is 0 Å². The van der Waals surface area contributed by atoms with Gasteiger partial charge >= 0.3 is 0 Å². The maximum absolute atomic E-state index is 13.2. The van der Waals surface area contributed by atoms with Crippen molar-refractivity contribution in [2.45, 2.75) is 38.5 Å². The summed E-state index contributed by atoms with van der Waals surface area (Å²) in [6, 6.07) is 12.7. The van der Waals surface area contributed by atoms with Gasteiger partial charge in [0.05, 0.1) is 17.7 Å². The van der Waals surface area contributed by atoms with Gasteiger partial charge in [0.15, 0.2) is 5.11 Å². The minimum atomic E-state index is -3.58. The summed E-state index contributed by atoms with van der Waals surface area (Å²) < 4.78 is 35.4. The first-order valence-electron chi connectivity index (χ1n) is 11.7. The molecule has 0 aliphatic rings. The summed E-state index contributed by atoms with van der Waals surface area (Å²) in [7, 11) is -1.66. The van der Waals surface area contributed by atoms with Crippen LogP contribution in [-0.4, -0.2) is 48.3 Å². The van der Waals surface area contributed by atoms with E-state index in [0.717, 1.165) is 40.7 Å². The van der Waals surface area contributed by atoms with E-state index >= 15 is 0 Å². The molecule has 0 unspecified atom stereocenters. The van der Waals surface area contributed by atoms with Crippen LogP contribution in [0.15, 0.2) is 58.7 Å². The maximum atomic E-state index is 13.2. The Morgan fingerprint density at radius 1 is 1.11 bits per heavy atom. The van der Waals surface area contributed by atoms with Crippen molar-refractivity contribution in [1.29, 1.82) is 0 Å². The van der Waals surface area contributed by atoms with Crippen molar-refractivity contribution in [3.05, 3.63) is 54.2 Å². The van der Waals surface area contributed by atoms with Crippen molar-refractivity contribution in [2.75, 3.05) is 25.0 Å². The van der Waals surface area contributed by atoms with Gasteiger partial charge in [-0.05, 0) is 74.4 Å². The molecule has 0 atom stereocenters. The van der Waals surface area contributed by atoms with Crippen LogP contribution in [0.25, 0.3) is 10.9 Å². The number of hydrogen-bond acceptors (Lipinski definition) is 5. The number of aromatic nitrogens is 1. The second-order valence-electron chi connectivity index (χ2n) is 8.06. The van der Waals surface area contributed by atoms with Crippen molar-refractivity contribution in [2.24, 2.45) is 12.1 Å². The lowest BCUT2D eigenvalue weighted by molar-refractivity contribution is 0.340. The number of aryl methyl sites for hydroxylation is 1. The molecule has 0 spiro atoms. The molecule has 0 aliphatic carbocycles. The van der Waals surface area contributed by atoms with Crippen molar-refractivity contribution < 1.29 is 13.2 Å². The van der Waals surface area contributed by atoms with Gasteiger partial charge in [-0.1, -0.05) is 13.8 Å². The first kappa shape index (κ1) is 26.7. The summed E-state index contributed by atoms with van der Waals surface area (Å²) in [5, 5.41) is 8.46. The van der Waals surface area contributed by atoms with E-state index < -0.39 is 10.0 Å². The van der Waals surface area contributed by atoms with Gasteiger partial charge in [-0.2, -0.15) is 9.41 Å². The summed E-state index contributed by atoms with van der Waals surface area (Å²) in [6.07, 6.45) is 5.08. The first-order chi connectivity index (χ1) is 16.8. The largest absolute Gasteiger partial charge is 0.494 e. The molecule has 0 fully saturated rings. The fourth-order valence-electron chi connectivity index (χ4n) is 3.79. The smallest absolute Gasteiger partial charge is 0.243 e. The zero-order valence-electron chi connectivity index (χ0n) is 20.6. The molecule has 0 radical (unpaired) electrons.